The highest BCUT2D eigenvalue weighted by atomic mass is 16.6. The van der Waals surface area contributed by atoms with E-state index in [4.69, 9.17) is 15.3 Å². The summed E-state index contributed by atoms with van der Waals surface area (Å²) >= 11 is 0. The molecule has 0 spiro atoms. The van der Waals surface area contributed by atoms with E-state index in [1.165, 1.54) is 7.05 Å². The molecule has 5 heteroatoms. The molecule has 2 N–H and O–H groups in total. The van der Waals surface area contributed by atoms with Gasteiger partial charge in [0.15, 0.2) is 0 Å². The van der Waals surface area contributed by atoms with Crippen molar-refractivity contribution < 1.29 is 14.3 Å². The molecular weight excluding hydrogens is 184 g/mol. The fraction of sp³-hybridized carbons (Fsp3) is 0.222. The minimum absolute atomic E-state index is 0.424. The Labute approximate surface area is 82.0 Å². The molecule has 0 unspecified atom stereocenters. The lowest BCUT2D eigenvalue weighted by molar-refractivity contribution is 0.163. The van der Waals surface area contributed by atoms with E-state index in [0.29, 0.717) is 11.5 Å². The monoisotopic (exact) mass is 196 g/mol. The number of benzene rings is 1. The van der Waals surface area contributed by atoms with Crippen molar-refractivity contribution >= 4 is 6.09 Å². The largest absolute Gasteiger partial charge is 0.497 e. The standard InChI is InChI=1S/C9H12N2O3/c1-11(10)9(12)14-8-5-3-7(13-2)4-6-8/h3-6H,10H2,1-2H3. The maximum Gasteiger partial charge on any atom is 0.429 e. The molecule has 0 saturated carbocycles. The van der Waals surface area contributed by atoms with E-state index in [1.807, 2.05) is 0 Å². The SMILES string of the molecule is COc1ccc(OC(=O)N(C)N)cc1. The summed E-state index contributed by atoms with van der Waals surface area (Å²) in [5, 5.41) is 0.865. The zero-order valence-corrected chi connectivity index (χ0v) is 8.06. The number of hydrazine groups is 1. The molecule has 0 radical (unpaired) electrons. The van der Waals surface area contributed by atoms with E-state index >= 15 is 0 Å². The molecule has 0 aliphatic rings. The van der Waals surface area contributed by atoms with Gasteiger partial charge in [-0.15, -0.1) is 0 Å². The first-order chi connectivity index (χ1) is 6.63. The smallest absolute Gasteiger partial charge is 0.429 e. The summed E-state index contributed by atoms with van der Waals surface area (Å²) < 4.78 is 9.83. The highest BCUT2D eigenvalue weighted by Crippen LogP contribution is 2.17. The number of carbonyl (C=O) groups is 1. The highest BCUT2D eigenvalue weighted by Gasteiger charge is 2.06. The first kappa shape index (κ1) is 10.3. The van der Waals surface area contributed by atoms with Gasteiger partial charge in [0.1, 0.15) is 11.5 Å². The molecule has 0 atom stereocenters. The minimum Gasteiger partial charge on any atom is -0.497 e. The fourth-order valence-electron chi connectivity index (χ4n) is 0.817. The Morgan fingerprint density at radius 2 is 1.79 bits per heavy atom. The maximum atomic E-state index is 11.0. The summed E-state index contributed by atoms with van der Waals surface area (Å²) in [6.45, 7) is 0. The number of hydrogen-bond acceptors (Lipinski definition) is 4. The van der Waals surface area contributed by atoms with Gasteiger partial charge in [-0.05, 0) is 24.3 Å². The van der Waals surface area contributed by atoms with Crippen LogP contribution < -0.4 is 15.3 Å². The molecule has 0 aromatic heterocycles. The minimum atomic E-state index is -0.616. The predicted octanol–water partition coefficient (Wildman–Crippen LogP) is 1.000. The normalized spacial score (nSPS) is 9.36. The summed E-state index contributed by atoms with van der Waals surface area (Å²) in [5.41, 5.74) is 0. The first-order valence-corrected chi connectivity index (χ1v) is 3.98. The molecule has 0 heterocycles. The molecular formula is C9H12N2O3. The lowest BCUT2D eigenvalue weighted by atomic mass is 10.3. The molecule has 0 aliphatic carbocycles. The van der Waals surface area contributed by atoms with Gasteiger partial charge in [-0.1, -0.05) is 0 Å². The zero-order valence-electron chi connectivity index (χ0n) is 8.06. The van der Waals surface area contributed by atoms with E-state index < -0.39 is 6.09 Å². The maximum absolute atomic E-state index is 11.0. The van der Waals surface area contributed by atoms with Gasteiger partial charge in [0.25, 0.3) is 0 Å². The van der Waals surface area contributed by atoms with Crippen molar-refractivity contribution in [3.05, 3.63) is 24.3 Å². The van der Waals surface area contributed by atoms with Crippen LogP contribution >= 0.6 is 0 Å². The summed E-state index contributed by atoms with van der Waals surface area (Å²) in [5.74, 6) is 6.30. The van der Waals surface area contributed by atoms with Gasteiger partial charge in [-0.3, -0.25) is 0 Å². The number of nitrogens with zero attached hydrogens (tertiary/aromatic N) is 1. The van der Waals surface area contributed by atoms with Crippen molar-refractivity contribution in [3.8, 4) is 11.5 Å². The second-order valence-electron chi connectivity index (χ2n) is 2.65. The molecule has 14 heavy (non-hydrogen) atoms. The van der Waals surface area contributed by atoms with Gasteiger partial charge in [0.05, 0.1) is 7.11 Å². The third-order valence-corrected chi connectivity index (χ3v) is 1.55. The second-order valence-corrected chi connectivity index (χ2v) is 2.65. The lowest BCUT2D eigenvalue weighted by Crippen LogP contribution is -2.35. The number of rotatable bonds is 2. The third kappa shape index (κ3) is 2.63. The summed E-state index contributed by atoms with van der Waals surface area (Å²) in [4.78, 5) is 11.0. The summed E-state index contributed by atoms with van der Waals surface area (Å²) in [7, 11) is 2.97. The number of ether oxygens (including phenoxy) is 2. The van der Waals surface area contributed by atoms with Crippen LogP contribution in [-0.2, 0) is 0 Å². The molecule has 76 valence electrons. The quantitative estimate of drug-likeness (QED) is 0.435. The molecule has 1 aromatic carbocycles. The van der Waals surface area contributed by atoms with Crippen molar-refractivity contribution in [2.24, 2.45) is 5.84 Å². The molecule has 1 rings (SSSR count). The van der Waals surface area contributed by atoms with Crippen molar-refractivity contribution in [2.45, 2.75) is 0 Å². The van der Waals surface area contributed by atoms with E-state index in [2.05, 4.69) is 0 Å². The number of carbonyl (C=O) groups excluding carboxylic acids is 1. The number of methoxy groups -OCH3 is 1. The second kappa shape index (κ2) is 4.48. The summed E-state index contributed by atoms with van der Waals surface area (Å²) in [6, 6.07) is 6.64. The fourth-order valence-corrected chi connectivity index (χ4v) is 0.817. The van der Waals surface area contributed by atoms with Gasteiger partial charge in [-0.25, -0.2) is 15.6 Å². The van der Waals surface area contributed by atoms with Crippen LogP contribution in [0.3, 0.4) is 0 Å². The van der Waals surface area contributed by atoms with Crippen LogP contribution in [0.15, 0.2) is 24.3 Å². The Bertz CT molecular complexity index is 308. The average molecular weight is 196 g/mol. The Morgan fingerprint density at radius 3 is 2.21 bits per heavy atom. The van der Waals surface area contributed by atoms with Gasteiger partial charge < -0.3 is 9.47 Å². The molecule has 0 bridgehead atoms. The molecule has 0 aliphatic heterocycles. The van der Waals surface area contributed by atoms with Crippen molar-refractivity contribution in [3.63, 3.8) is 0 Å². The first-order valence-electron chi connectivity index (χ1n) is 3.98. The average Bonchev–Trinajstić information content (AvgIpc) is 2.19. The van der Waals surface area contributed by atoms with Crippen molar-refractivity contribution in [1.82, 2.24) is 5.01 Å². The van der Waals surface area contributed by atoms with Crippen LogP contribution in [0.5, 0.6) is 11.5 Å². The van der Waals surface area contributed by atoms with E-state index in [0.717, 1.165) is 5.01 Å². The van der Waals surface area contributed by atoms with Gasteiger partial charge in [-0.2, -0.15) is 0 Å². The van der Waals surface area contributed by atoms with Crippen molar-refractivity contribution in [1.29, 1.82) is 0 Å². The molecule has 5 nitrogen and oxygen atoms in total. The zero-order chi connectivity index (χ0) is 10.6. The molecule has 1 aromatic rings. The lowest BCUT2D eigenvalue weighted by Gasteiger charge is -2.10. The Kier molecular flexibility index (Phi) is 3.30. The van der Waals surface area contributed by atoms with Gasteiger partial charge >= 0.3 is 6.09 Å². The van der Waals surface area contributed by atoms with Gasteiger partial charge in [0, 0.05) is 7.05 Å². The predicted molar refractivity (Wildman–Crippen MR) is 51.0 cm³/mol. The Balaban J connectivity index is 2.64. The van der Waals surface area contributed by atoms with Crippen LogP contribution in [0.2, 0.25) is 0 Å². The van der Waals surface area contributed by atoms with E-state index in [9.17, 15) is 4.79 Å². The Hall–Kier alpha value is -1.75. The van der Waals surface area contributed by atoms with Gasteiger partial charge in [0.2, 0.25) is 0 Å². The number of hydrogen-bond donors (Lipinski definition) is 1. The van der Waals surface area contributed by atoms with Crippen LogP contribution in [0.25, 0.3) is 0 Å². The highest BCUT2D eigenvalue weighted by molar-refractivity contribution is 5.69. The van der Waals surface area contributed by atoms with E-state index in [1.54, 1.807) is 31.4 Å². The van der Waals surface area contributed by atoms with Crippen LogP contribution in [0.1, 0.15) is 0 Å². The van der Waals surface area contributed by atoms with Crippen molar-refractivity contribution in [2.75, 3.05) is 14.2 Å². The van der Waals surface area contributed by atoms with Crippen LogP contribution in [0.4, 0.5) is 4.79 Å². The third-order valence-electron chi connectivity index (χ3n) is 1.55. The Morgan fingerprint density at radius 1 is 1.29 bits per heavy atom. The summed E-state index contributed by atoms with van der Waals surface area (Å²) in [6.07, 6.45) is -0.616. The molecule has 1 amide bonds. The molecule has 0 saturated heterocycles. The topological polar surface area (TPSA) is 64.8 Å². The van der Waals surface area contributed by atoms with Crippen LogP contribution in [-0.4, -0.2) is 25.3 Å². The number of nitrogens with two attached hydrogens (primary N) is 1. The van der Waals surface area contributed by atoms with E-state index in [-0.39, 0.29) is 0 Å². The van der Waals surface area contributed by atoms with Crippen LogP contribution in [0, 0.1) is 0 Å². The number of amides is 1. The molecule has 0 fully saturated rings.